The number of ether oxygens (including phenoxy) is 3. The van der Waals surface area contributed by atoms with E-state index in [2.05, 4.69) is 25.5 Å². The monoisotopic (exact) mass is 700 g/mol. The third-order valence-electron chi connectivity index (χ3n) is 7.46. The Hall–Kier alpha value is -4.80. The van der Waals surface area contributed by atoms with Crippen molar-refractivity contribution in [2.24, 2.45) is 0 Å². The minimum absolute atomic E-state index is 0.0933. The summed E-state index contributed by atoms with van der Waals surface area (Å²) in [7, 11) is 0. The lowest BCUT2D eigenvalue weighted by molar-refractivity contribution is -0.162. The summed E-state index contributed by atoms with van der Waals surface area (Å²) >= 11 is 0. The minimum atomic E-state index is -4.74. The van der Waals surface area contributed by atoms with Crippen LogP contribution in [-0.4, -0.2) is 75.1 Å². The van der Waals surface area contributed by atoms with Crippen molar-refractivity contribution >= 4 is 23.5 Å². The number of pyridine rings is 1. The van der Waals surface area contributed by atoms with Crippen LogP contribution in [0.1, 0.15) is 68.2 Å². The number of benzene rings is 1. The normalized spacial score (nSPS) is 15.1. The summed E-state index contributed by atoms with van der Waals surface area (Å²) in [6.45, 7) is 3.94. The minimum Gasteiger partial charge on any atom is -0.444 e. The van der Waals surface area contributed by atoms with Crippen molar-refractivity contribution in [3.8, 4) is 22.7 Å². The molecule has 1 fully saturated rings. The molecule has 3 N–H and O–H groups in total. The van der Waals surface area contributed by atoms with E-state index in [0.717, 1.165) is 25.5 Å². The molecule has 4 heterocycles. The van der Waals surface area contributed by atoms with Crippen LogP contribution >= 0.6 is 0 Å². The fraction of sp³-hybridized carbons (Fsp3) is 0.441. The lowest BCUT2D eigenvalue weighted by Crippen LogP contribution is -2.42. The Morgan fingerprint density at radius 3 is 2.58 bits per heavy atom. The summed E-state index contributed by atoms with van der Waals surface area (Å²) in [5.41, 5.74) is 1.90. The van der Waals surface area contributed by atoms with E-state index < -0.39 is 30.3 Å². The molecule has 0 spiro atoms. The number of H-pyrrole nitrogens is 1. The van der Waals surface area contributed by atoms with Gasteiger partial charge in [0.05, 0.1) is 24.6 Å². The fourth-order valence-electron chi connectivity index (χ4n) is 5.10. The first-order chi connectivity index (χ1) is 23.8. The summed E-state index contributed by atoms with van der Waals surface area (Å²) in [5.74, 6) is -1.08. The van der Waals surface area contributed by atoms with Gasteiger partial charge in [0.1, 0.15) is 29.9 Å². The highest BCUT2D eigenvalue weighted by Gasteiger charge is 2.37. The first kappa shape index (κ1) is 36.5. The molecule has 0 radical (unpaired) electrons. The molecule has 2 amide bonds. The number of hydrogen-bond donors (Lipinski definition) is 3. The van der Waals surface area contributed by atoms with Gasteiger partial charge in [-0.1, -0.05) is 24.3 Å². The molecular weight excluding hydrogens is 661 g/mol. The number of halogens is 3. The number of rotatable bonds is 12. The second-order valence-electron chi connectivity index (χ2n) is 12.6. The molecule has 0 saturated carbocycles. The second-order valence-corrected chi connectivity index (χ2v) is 12.6. The van der Waals surface area contributed by atoms with Crippen molar-refractivity contribution in [3.63, 3.8) is 0 Å². The van der Waals surface area contributed by atoms with Gasteiger partial charge in [-0.05, 0) is 70.6 Å². The number of oxazole rings is 1. The number of hydrogen-bond acceptors (Lipinski definition) is 10. The van der Waals surface area contributed by atoms with Gasteiger partial charge in [-0.2, -0.15) is 18.3 Å². The predicted molar refractivity (Wildman–Crippen MR) is 175 cm³/mol. The molecule has 3 aromatic heterocycles. The van der Waals surface area contributed by atoms with Gasteiger partial charge in [0.25, 0.3) is 5.91 Å². The van der Waals surface area contributed by atoms with Crippen molar-refractivity contribution in [3.05, 3.63) is 65.8 Å². The van der Waals surface area contributed by atoms with E-state index in [1.807, 2.05) is 0 Å². The smallest absolute Gasteiger partial charge is 0.416 e. The van der Waals surface area contributed by atoms with Crippen molar-refractivity contribution in [2.75, 3.05) is 30.0 Å². The number of alkyl halides is 3. The standard InChI is InChI=1S/C34H39F3N6O7/c1-33(2,3)50-32(46)43(20-34(35,36)37)26-17-23(13-14-38-26)31-39-25(19-49-31)30(45)40-29-24(7-6-16-48-27-8-4-5-15-47-27)41-42-28(29)22-11-9-21(18-44)10-12-22/h9-14,17,19,27,44H,4-8,15-16,18,20H2,1-3H3,(H,40,45)(H,41,42). The van der Waals surface area contributed by atoms with Gasteiger partial charge in [0.15, 0.2) is 12.0 Å². The third kappa shape index (κ3) is 9.89. The molecule has 50 heavy (non-hydrogen) atoms. The summed E-state index contributed by atoms with van der Waals surface area (Å²) < 4.78 is 62.5. The van der Waals surface area contributed by atoms with Gasteiger partial charge < -0.3 is 29.1 Å². The molecule has 0 bridgehead atoms. The molecule has 1 saturated heterocycles. The molecule has 5 rings (SSSR count). The van der Waals surface area contributed by atoms with Crippen LogP contribution in [0.25, 0.3) is 22.7 Å². The maximum Gasteiger partial charge on any atom is 0.416 e. The summed E-state index contributed by atoms with van der Waals surface area (Å²) in [6.07, 6.45) is 0.102. The first-order valence-electron chi connectivity index (χ1n) is 16.1. The topological polar surface area (TPSA) is 165 Å². The lowest BCUT2D eigenvalue weighted by atomic mass is 10.1. The zero-order valence-corrected chi connectivity index (χ0v) is 27.9. The van der Waals surface area contributed by atoms with E-state index in [4.69, 9.17) is 18.6 Å². The molecule has 1 aliphatic rings. The Morgan fingerprint density at radius 2 is 1.90 bits per heavy atom. The zero-order chi connectivity index (χ0) is 35.9. The second kappa shape index (κ2) is 15.8. The molecule has 1 atom stereocenters. The van der Waals surface area contributed by atoms with E-state index >= 15 is 0 Å². The lowest BCUT2D eigenvalue weighted by Gasteiger charge is -2.27. The largest absolute Gasteiger partial charge is 0.444 e. The molecule has 1 unspecified atom stereocenters. The van der Waals surface area contributed by atoms with Crippen molar-refractivity contribution < 1.29 is 46.5 Å². The number of aryl methyl sites for hydroxylation is 1. The van der Waals surface area contributed by atoms with Crippen LogP contribution in [0, 0.1) is 0 Å². The number of nitrogens with zero attached hydrogens (tertiary/aromatic N) is 4. The quantitative estimate of drug-likeness (QED) is 0.136. The zero-order valence-electron chi connectivity index (χ0n) is 27.9. The summed E-state index contributed by atoms with van der Waals surface area (Å²) in [6, 6.07) is 9.66. The number of carbonyl (C=O) groups is 2. The Kier molecular flexibility index (Phi) is 11.5. The summed E-state index contributed by atoms with van der Waals surface area (Å²) in [4.78, 5) is 34.8. The van der Waals surface area contributed by atoms with Crippen molar-refractivity contribution in [2.45, 2.75) is 77.5 Å². The van der Waals surface area contributed by atoms with Gasteiger partial charge in [-0.3, -0.25) is 14.8 Å². The number of amides is 2. The van der Waals surface area contributed by atoms with Crippen molar-refractivity contribution in [1.29, 1.82) is 0 Å². The van der Waals surface area contributed by atoms with Crippen LogP contribution in [0.3, 0.4) is 0 Å². The van der Waals surface area contributed by atoms with Gasteiger partial charge in [-0.15, -0.1) is 0 Å². The maximum atomic E-state index is 13.5. The average molecular weight is 701 g/mol. The van der Waals surface area contributed by atoms with E-state index in [1.54, 1.807) is 24.3 Å². The Balaban J connectivity index is 1.35. The van der Waals surface area contributed by atoms with E-state index in [9.17, 15) is 27.9 Å². The number of nitrogens with one attached hydrogen (secondary N) is 2. The van der Waals surface area contributed by atoms with E-state index in [1.165, 1.54) is 39.1 Å². The maximum absolute atomic E-state index is 13.5. The van der Waals surface area contributed by atoms with E-state index in [-0.39, 0.29) is 35.9 Å². The molecule has 268 valence electrons. The molecular formula is C34H39F3N6O7. The molecule has 13 nitrogen and oxygen atoms in total. The summed E-state index contributed by atoms with van der Waals surface area (Å²) in [5, 5.41) is 19.8. The van der Waals surface area contributed by atoms with Crippen LogP contribution in [0.4, 0.5) is 29.5 Å². The molecule has 16 heteroatoms. The van der Waals surface area contributed by atoms with Crippen LogP contribution in [-0.2, 0) is 27.2 Å². The Bertz CT molecular complexity index is 1740. The number of aliphatic hydroxyl groups is 1. The fourth-order valence-corrected chi connectivity index (χ4v) is 5.10. The Labute approximate surface area is 286 Å². The molecule has 1 aliphatic heterocycles. The Morgan fingerprint density at radius 1 is 1.12 bits per heavy atom. The number of aromatic amines is 1. The molecule has 0 aliphatic carbocycles. The van der Waals surface area contributed by atoms with Gasteiger partial charge in [-0.25, -0.2) is 14.8 Å². The van der Waals surface area contributed by atoms with E-state index in [0.29, 0.717) is 59.2 Å². The van der Waals surface area contributed by atoms with Gasteiger partial charge in [0.2, 0.25) is 5.89 Å². The molecule has 4 aromatic rings. The van der Waals surface area contributed by atoms with Crippen LogP contribution in [0.2, 0.25) is 0 Å². The van der Waals surface area contributed by atoms with Crippen LogP contribution in [0.5, 0.6) is 0 Å². The highest BCUT2D eigenvalue weighted by molar-refractivity contribution is 6.05. The highest BCUT2D eigenvalue weighted by atomic mass is 19.4. The van der Waals surface area contributed by atoms with Crippen molar-refractivity contribution in [1.82, 2.24) is 20.2 Å². The van der Waals surface area contributed by atoms with Gasteiger partial charge >= 0.3 is 12.3 Å². The number of aliphatic hydroxyl groups excluding tert-OH is 1. The third-order valence-corrected chi connectivity index (χ3v) is 7.46. The first-order valence-corrected chi connectivity index (χ1v) is 16.1. The number of carbonyl (C=O) groups excluding carboxylic acids is 2. The highest BCUT2D eigenvalue weighted by Crippen LogP contribution is 2.32. The van der Waals surface area contributed by atoms with Crippen LogP contribution < -0.4 is 10.2 Å². The van der Waals surface area contributed by atoms with Gasteiger partial charge in [0, 0.05) is 23.9 Å². The SMILES string of the molecule is CC(C)(C)OC(=O)N(CC(F)(F)F)c1cc(-c2nc(C(=O)Nc3c(-c4ccc(CO)cc4)n[nH]c3CCCOC3CCCCO3)co2)ccn1. The average Bonchev–Trinajstić information content (AvgIpc) is 3.73. The number of aromatic nitrogens is 4. The molecule has 1 aromatic carbocycles. The van der Waals surface area contributed by atoms with Crippen LogP contribution in [0.15, 0.2) is 53.3 Å². The number of anilines is 2. The predicted octanol–water partition coefficient (Wildman–Crippen LogP) is 6.65.